The smallest absolute Gasteiger partial charge is 0.296 e. The van der Waals surface area contributed by atoms with E-state index in [1.165, 1.54) is 32.4 Å². The molecule has 3 rings (SSSR count). The Morgan fingerprint density at radius 1 is 0.967 bits per heavy atom. The van der Waals surface area contributed by atoms with Crippen molar-refractivity contribution in [3.8, 4) is 11.5 Å². The number of hydrogen-bond acceptors (Lipinski definition) is 7. The van der Waals surface area contributed by atoms with Crippen molar-refractivity contribution in [2.75, 3.05) is 20.8 Å². The van der Waals surface area contributed by atoms with Gasteiger partial charge < -0.3 is 14.6 Å². The molecule has 0 fully saturated rings. The van der Waals surface area contributed by atoms with E-state index in [1.807, 2.05) is 0 Å². The van der Waals surface area contributed by atoms with E-state index in [0.717, 1.165) is 4.90 Å². The van der Waals surface area contributed by atoms with Crippen molar-refractivity contribution in [1.29, 1.82) is 0 Å². The minimum Gasteiger partial charge on any atom is -0.502 e. The van der Waals surface area contributed by atoms with Crippen molar-refractivity contribution < 1.29 is 32.6 Å². The second-order valence-corrected chi connectivity index (χ2v) is 8.06. The maximum absolute atomic E-state index is 12.8. The van der Waals surface area contributed by atoms with Gasteiger partial charge in [-0.2, -0.15) is 0 Å². The number of hydrogen-bond donors (Lipinski definition) is 2. The third-order valence-electron chi connectivity index (χ3n) is 4.69. The Morgan fingerprint density at radius 3 is 2.17 bits per heavy atom. The normalized spacial score (nSPS) is 14.4. The monoisotopic (exact) mass is 432 g/mol. The minimum absolute atomic E-state index is 0.00718. The third-order valence-corrected chi connectivity index (χ3v) is 5.62. The minimum atomic E-state index is -3.80. The first-order valence-corrected chi connectivity index (χ1v) is 10.4. The van der Waals surface area contributed by atoms with Gasteiger partial charge in [0.25, 0.3) is 11.8 Å². The molecule has 10 heteroatoms. The first kappa shape index (κ1) is 21.3. The number of aliphatic hydroxyl groups excluding tert-OH is 1. The van der Waals surface area contributed by atoms with Gasteiger partial charge in [-0.25, -0.2) is 13.6 Å². The molecule has 1 heterocycles. The molecule has 158 valence electrons. The van der Waals surface area contributed by atoms with Crippen molar-refractivity contribution in [3.05, 3.63) is 59.4 Å². The third kappa shape index (κ3) is 4.00. The zero-order valence-corrected chi connectivity index (χ0v) is 17.1. The van der Waals surface area contributed by atoms with Crippen molar-refractivity contribution >= 4 is 27.4 Å². The van der Waals surface area contributed by atoms with E-state index in [9.17, 15) is 23.1 Å². The fourth-order valence-electron chi connectivity index (χ4n) is 3.10. The standard InChI is InChI=1S/C20H20N2O7S/c1-28-15-8-5-13(11-16(15)29-2)17-18(23)20(25)22(19(17)24)10-9-12-3-6-14(7-4-12)30(21,26)27/h3-8,11,23H,9-10H2,1-2H3,(H2,21,26,27). The molecule has 0 aromatic heterocycles. The quantitative estimate of drug-likeness (QED) is 0.628. The molecule has 0 bridgehead atoms. The summed E-state index contributed by atoms with van der Waals surface area (Å²) < 4.78 is 33.0. The predicted octanol–water partition coefficient (Wildman–Crippen LogP) is 1.23. The van der Waals surface area contributed by atoms with Gasteiger partial charge in [-0.15, -0.1) is 0 Å². The van der Waals surface area contributed by atoms with Crippen LogP contribution in [0.1, 0.15) is 11.1 Å². The van der Waals surface area contributed by atoms with Crippen LogP contribution >= 0.6 is 0 Å². The summed E-state index contributed by atoms with van der Waals surface area (Å²) in [6, 6.07) is 10.4. The largest absolute Gasteiger partial charge is 0.502 e. The second kappa shape index (κ2) is 8.17. The number of primary sulfonamides is 1. The van der Waals surface area contributed by atoms with Gasteiger partial charge in [-0.3, -0.25) is 14.5 Å². The Balaban J connectivity index is 1.79. The molecule has 2 amide bonds. The second-order valence-electron chi connectivity index (χ2n) is 6.49. The lowest BCUT2D eigenvalue weighted by Gasteiger charge is -2.15. The lowest BCUT2D eigenvalue weighted by atomic mass is 10.0. The van der Waals surface area contributed by atoms with E-state index in [2.05, 4.69) is 0 Å². The van der Waals surface area contributed by atoms with E-state index in [-0.39, 0.29) is 23.4 Å². The molecular weight excluding hydrogens is 412 g/mol. The molecule has 0 saturated heterocycles. The van der Waals surface area contributed by atoms with Crippen LogP contribution in [0.15, 0.2) is 53.1 Å². The number of rotatable bonds is 7. The van der Waals surface area contributed by atoms with Crippen LogP contribution in [0.3, 0.4) is 0 Å². The number of benzene rings is 2. The molecule has 0 aliphatic carbocycles. The molecule has 1 aliphatic heterocycles. The molecule has 3 N–H and O–H groups in total. The van der Waals surface area contributed by atoms with E-state index < -0.39 is 27.6 Å². The fourth-order valence-corrected chi connectivity index (χ4v) is 3.62. The van der Waals surface area contributed by atoms with Gasteiger partial charge >= 0.3 is 0 Å². The first-order chi connectivity index (χ1) is 14.2. The Morgan fingerprint density at radius 2 is 1.60 bits per heavy atom. The topological polar surface area (TPSA) is 136 Å². The highest BCUT2D eigenvalue weighted by Crippen LogP contribution is 2.34. The molecule has 0 atom stereocenters. The average molecular weight is 432 g/mol. The van der Waals surface area contributed by atoms with Gasteiger partial charge in [0.2, 0.25) is 10.0 Å². The number of nitrogens with two attached hydrogens (primary N) is 1. The maximum Gasteiger partial charge on any atom is 0.296 e. The van der Waals surface area contributed by atoms with Crippen LogP contribution in [0.5, 0.6) is 11.5 Å². The van der Waals surface area contributed by atoms with Crippen molar-refractivity contribution in [1.82, 2.24) is 4.90 Å². The number of ether oxygens (including phenoxy) is 2. The number of carbonyl (C=O) groups is 2. The average Bonchev–Trinajstić information content (AvgIpc) is 2.94. The summed E-state index contributed by atoms with van der Waals surface area (Å²) >= 11 is 0. The summed E-state index contributed by atoms with van der Waals surface area (Å²) in [7, 11) is -0.898. The summed E-state index contributed by atoms with van der Waals surface area (Å²) in [5.41, 5.74) is 0.899. The Labute approximate surface area is 173 Å². The van der Waals surface area contributed by atoms with E-state index in [1.54, 1.807) is 24.3 Å². The van der Waals surface area contributed by atoms with Gasteiger partial charge in [0.15, 0.2) is 17.3 Å². The Kier molecular flexibility index (Phi) is 5.81. The zero-order chi connectivity index (χ0) is 22.1. The summed E-state index contributed by atoms with van der Waals surface area (Å²) in [6.45, 7) is 0.00718. The summed E-state index contributed by atoms with van der Waals surface area (Å²) in [5, 5.41) is 15.3. The Hall–Kier alpha value is -3.37. The lowest BCUT2D eigenvalue weighted by molar-refractivity contribution is -0.138. The SMILES string of the molecule is COc1ccc(C2=C(O)C(=O)N(CCc3ccc(S(N)(=O)=O)cc3)C2=O)cc1OC. The maximum atomic E-state index is 12.8. The summed E-state index contributed by atoms with van der Waals surface area (Å²) in [6.07, 6.45) is 0.273. The summed E-state index contributed by atoms with van der Waals surface area (Å²) in [4.78, 5) is 26.1. The van der Waals surface area contributed by atoms with Crippen molar-refractivity contribution in [3.63, 3.8) is 0 Å². The predicted molar refractivity (Wildman–Crippen MR) is 107 cm³/mol. The molecule has 0 radical (unpaired) electrons. The molecule has 9 nitrogen and oxygen atoms in total. The number of imide groups is 1. The highest BCUT2D eigenvalue weighted by molar-refractivity contribution is 7.89. The van der Waals surface area contributed by atoms with E-state index in [0.29, 0.717) is 22.6 Å². The Bertz CT molecular complexity index is 1140. The molecule has 0 saturated carbocycles. The lowest BCUT2D eigenvalue weighted by Crippen LogP contribution is -2.33. The molecule has 30 heavy (non-hydrogen) atoms. The van der Waals surface area contributed by atoms with Crippen LogP contribution < -0.4 is 14.6 Å². The molecule has 2 aromatic carbocycles. The van der Waals surface area contributed by atoms with Gasteiger partial charge in [-0.05, 0) is 41.8 Å². The first-order valence-electron chi connectivity index (χ1n) is 8.81. The van der Waals surface area contributed by atoms with Crippen LogP contribution in [-0.4, -0.2) is 51.0 Å². The van der Waals surface area contributed by atoms with Gasteiger partial charge in [-0.1, -0.05) is 18.2 Å². The number of amides is 2. The zero-order valence-electron chi connectivity index (χ0n) is 16.3. The molecule has 0 spiro atoms. The van der Waals surface area contributed by atoms with Gasteiger partial charge in [0.1, 0.15) is 0 Å². The number of methoxy groups -OCH3 is 2. The van der Waals surface area contributed by atoms with Gasteiger partial charge in [0, 0.05) is 6.54 Å². The molecular formula is C20H20N2O7S. The number of nitrogens with zero attached hydrogens (tertiary/aromatic N) is 1. The number of sulfonamides is 1. The number of carbonyl (C=O) groups excluding carboxylic acids is 2. The van der Waals surface area contributed by atoms with Gasteiger partial charge in [0.05, 0.1) is 24.7 Å². The van der Waals surface area contributed by atoms with Crippen molar-refractivity contribution in [2.24, 2.45) is 5.14 Å². The van der Waals surface area contributed by atoms with Crippen LogP contribution in [0.25, 0.3) is 5.57 Å². The highest BCUT2D eigenvalue weighted by Gasteiger charge is 2.39. The van der Waals surface area contributed by atoms with Crippen LogP contribution in [-0.2, 0) is 26.0 Å². The van der Waals surface area contributed by atoms with Crippen LogP contribution in [0.4, 0.5) is 0 Å². The number of aliphatic hydroxyl groups is 1. The van der Waals surface area contributed by atoms with E-state index in [4.69, 9.17) is 14.6 Å². The van der Waals surface area contributed by atoms with Crippen LogP contribution in [0.2, 0.25) is 0 Å². The van der Waals surface area contributed by atoms with Crippen molar-refractivity contribution in [2.45, 2.75) is 11.3 Å². The van der Waals surface area contributed by atoms with E-state index >= 15 is 0 Å². The fraction of sp³-hybridized carbons (Fsp3) is 0.200. The highest BCUT2D eigenvalue weighted by atomic mass is 32.2. The van der Waals surface area contributed by atoms with Crippen LogP contribution in [0, 0.1) is 0 Å². The molecule has 2 aromatic rings. The molecule has 0 unspecified atom stereocenters. The summed E-state index contributed by atoms with van der Waals surface area (Å²) in [5.74, 6) is -1.28. The molecule has 1 aliphatic rings.